The predicted octanol–water partition coefficient (Wildman–Crippen LogP) is 1.95. The van der Waals surface area contributed by atoms with Gasteiger partial charge in [0.15, 0.2) is 6.10 Å². The van der Waals surface area contributed by atoms with Crippen LogP contribution in [0.2, 0.25) is 0 Å². The fourth-order valence-electron chi connectivity index (χ4n) is 0.950. The molecule has 0 spiro atoms. The van der Waals surface area contributed by atoms with Gasteiger partial charge in [0, 0.05) is 5.56 Å². The van der Waals surface area contributed by atoms with E-state index in [0.29, 0.717) is 0 Å². The van der Waals surface area contributed by atoms with Crippen molar-refractivity contribution < 1.29 is 23.4 Å². The second-order valence-corrected chi connectivity index (χ2v) is 2.99. The Morgan fingerprint density at radius 3 is 2.47 bits per heavy atom. The van der Waals surface area contributed by atoms with Gasteiger partial charge in [0.05, 0.1) is 6.61 Å². The number of carboxylic acid groups (broad SMARTS) is 1. The zero-order chi connectivity index (χ0) is 11.4. The van der Waals surface area contributed by atoms with E-state index in [1.165, 1.54) is 13.0 Å². The van der Waals surface area contributed by atoms with Crippen molar-refractivity contribution in [2.75, 3.05) is 0 Å². The molecule has 0 saturated carbocycles. The number of halogens is 2. The van der Waals surface area contributed by atoms with Crippen LogP contribution in [0.3, 0.4) is 0 Å². The smallest absolute Gasteiger partial charge is 0.332 e. The third-order valence-electron chi connectivity index (χ3n) is 1.89. The second-order valence-electron chi connectivity index (χ2n) is 2.99. The van der Waals surface area contributed by atoms with Gasteiger partial charge in [-0.15, -0.1) is 0 Å². The highest BCUT2D eigenvalue weighted by molar-refractivity contribution is 5.71. The Bertz CT molecular complexity index is 345. The minimum absolute atomic E-state index is 0.259. The Morgan fingerprint density at radius 2 is 2.00 bits per heavy atom. The first-order chi connectivity index (χ1) is 7.02. The monoisotopic (exact) mass is 216 g/mol. The summed E-state index contributed by atoms with van der Waals surface area (Å²) in [6.45, 7) is 0.896. The molecule has 1 N–H and O–H groups in total. The number of ether oxygens (including phenoxy) is 1. The van der Waals surface area contributed by atoms with Gasteiger partial charge in [-0.2, -0.15) is 0 Å². The van der Waals surface area contributed by atoms with Crippen molar-refractivity contribution in [3.8, 4) is 0 Å². The van der Waals surface area contributed by atoms with Crippen LogP contribution in [-0.2, 0) is 16.1 Å². The van der Waals surface area contributed by atoms with Crippen molar-refractivity contribution in [2.24, 2.45) is 0 Å². The van der Waals surface area contributed by atoms with E-state index in [1.54, 1.807) is 0 Å². The van der Waals surface area contributed by atoms with E-state index in [1.807, 2.05) is 0 Å². The molecule has 3 nitrogen and oxygen atoms in total. The molecule has 0 aromatic heterocycles. The first-order valence-corrected chi connectivity index (χ1v) is 4.29. The maximum Gasteiger partial charge on any atom is 0.332 e. The van der Waals surface area contributed by atoms with Gasteiger partial charge in [0.1, 0.15) is 11.6 Å². The highest BCUT2D eigenvalue weighted by atomic mass is 19.1. The van der Waals surface area contributed by atoms with Gasteiger partial charge in [-0.1, -0.05) is 6.07 Å². The van der Waals surface area contributed by atoms with Crippen molar-refractivity contribution in [3.05, 3.63) is 35.4 Å². The van der Waals surface area contributed by atoms with Crippen molar-refractivity contribution >= 4 is 5.97 Å². The van der Waals surface area contributed by atoms with E-state index in [2.05, 4.69) is 0 Å². The maximum absolute atomic E-state index is 13.0. The van der Waals surface area contributed by atoms with E-state index in [4.69, 9.17) is 9.84 Å². The summed E-state index contributed by atoms with van der Waals surface area (Å²) < 4.78 is 30.8. The normalized spacial score (nSPS) is 12.5. The highest BCUT2D eigenvalue weighted by Gasteiger charge is 2.14. The molecular weight excluding hydrogens is 206 g/mol. The molecule has 0 aliphatic rings. The standard InChI is InChI=1S/C10H10F2O3/c1-6(10(13)14)15-5-7-8(11)3-2-4-9(7)12/h2-4,6H,5H2,1H3,(H,13,14)/t6-/m1/s1. The molecule has 0 radical (unpaired) electrons. The van der Waals surface area contributed by atoms with Gasteiger partial charge >= 0.3 is 5.97 Å². The van der Waals surface area contributed by atoms with Crippen LogP contribution in [0.15, 0.2) is 18.2 Å². The molecule has 0 fully saturated rings. The van der Waals surface area contributed by atoms with Crippen molar-refractivity contribution in [1.29, 1.82) is 0 Å². The van der Waals surface area contributed by atoms with Crippen LogP contribution in [0, 0.1) is 11.6 Å². The third kappa shape index (κ3) is 2.99. The number of carboxylic acids is 1. The molecule has 0 saturated heterocycles. The lowest BCUT2D eigenvalue weighted by Crippen LogP contribution is -2.20. The number of hydrogen-bond acceptors (Lipinski definition) is 2. The lowest BCUT2D eigenvalue weighted by Gasteiger charge is -2.09. The summed E-state index contributed by atoms with van der Waals surface area (Å²) in [5.41, 5.74) is -0.259. The quantitative estimate of drug-likeness (QED) is 0.836. The van der Waals surface area contributed by atoms with Gasteiger partial charge in [0.25, 0.3) is 0 Å². The molecule has 0 aliphatic carbocycles. The molecule has 5 heteroatoms. The summed E-state index contributed by atoms with van der Waals surface area (Å²) in [6.07, 6.45) is -1.09. The van der Waals surface area contributed by atoms with Crippen LogP contribution in [-0.4, -0.2) is 17.2 Å². The van der Waals surface area contributed by atoms with E-state index in [9.17, 15) is 13.6 Å². The molecule has 0 heterocycles. The molecule has 0 aliphatic heterocycles. The largest absolute Gasteiger partial charge is 0.479 e. The summed E-state index contributed by atoms with van der Waals surface area (Å²) in [5.74, 6) is -2.66. The van der Waals surface area contributed by atoms with Crippen molar-refractivity contribution in [1.82, 2.24) is 0 Å². The van der Waals surface area contributed by atoms with Gasteiger partial charge in [-0.25, -0.2) is 13.6 Å². The Labute approximate surface area is 85.3 Å². The molecule has 0 amide bonds. The minimum Gasteiger partial charge on any atom is -0.479 e. The second kappa shape index (κ2) is 4.84. The average molecular weight is 216 g/mol. The molecule has 0 bridgehead atoms. The summed E-state index contributed by atoms with van der Waals surface area (Å²) in [4.78, 5) is 10.4. The Hall–Kier alpha value is -1.49. The number of rotatable bonds is 4. The molecule has 1 aromatic rings. The van der Waals surface area contributed by atoms with Crippen molar-refractivity contribution in [3.63, 3.8) is 0 Å². The number of hydrogen-bond donors (Lipinski definition) is 1. The lowest BCUT2D eigenvalue weighted by molar-refractivity contribution is -0.150. The SMILES string of the molecule is C[C@@H](OCc1c(F)cccc1F)C(=O)O. The van der Waals surface area contributed by atoms with Crippen LogP contribution >= 0.6 is 0 Å². The van der Waals surface area contributed by atoms with Gasteiger partial charge in [-0.3, -0.25) is 0 Å². The molecule has 82 valence electrons. The van der Waals surface area contributed by atoms with E-state index in [0.717, 1.165) is 12.1 Å². The molecular formula is C10H10F2O3. The first-order valence-electron chi connectivity index (χ1n) is 4.29. The van der Waals surface area contributed by atoms with E-state index in [-0.39, 0.29) is 5.56 Å². The first kappa shape index (κ1) is 11.6. The highest BCUT2D eigenvalue weighted by Crippen LogP contribution is 2.13. The molecule has 15 heavy (non-hydrogen) atoms. The van der Waals surface area contributed by atoms with Gasteiger partial charge in [0.2, 0.25) is 0 Å². The third-order valence-corrected chi connectivity index (χ3v) is 1.89. The Balaban J connectivity index is 2.69. The number of carbonyl (C=O) groups is 1. The molecule has 0 unspecified atom stereocenters. The molecule has 1 atom stereocenters. The summed E-state index contributed by atoms with van der Waals surface area (Å²) in [5, 5.41) is 8.49. The predicted molar refractivity (Wildman–Crippen MR) is 48.2 cm³/mol. The fraction of sp³-hybridized carbons (Fsp3) is 0.300. The zero-order valence-electron chi connectivity index (χ0n) is 8.04. The van der Waals surface area contributed by atoms with Crippen molar-refractivity contribution in [2.45, 2.75) is 19.6 Å². The Morgan fingerprint density at radius 1 is 1.47 bits per heavy atom. The zero-order valence-corrected chi connectivity index (χ0v) is 8.04. The van der Waals surface area contributed by atoms with Crippen LogP contribution in [0.5, 0.6) is 0 Å². The van der Waals surface area contributed by atoms with E-state index >= 15 is 0 Å². The van der Waals surface area contributed by atoms with Crippen LogP contribution in [0.1, 0.15) is 12.5 Å². The summed E-state index contributed by atoms with van der Waals surface area (Å²) >= 11 is 0. The molecule has 1 rings (SSSR count). The van der Waals surface area contributed by atoms with Crippen LogP contribution in [0.25, 0.3) is 0 Å². The fourth-order valence-corrected chi connectivity index (χ4v) is 0.950. The number of aliphatic carboxylic acids is 1. The van der Waals surface area contributed by atoms with Crippen LogP contribution < -0.4 is 0 Å². The Kier molecular flexibility index (Phi) is 3.74. The summed E-state index contributed by atoms with van der Waals surface area (Å²) in [6, 6.07) is 3.41. The lowest BCUT2D eigenvalue weighted by atomic mass is 10.2. The van der Waals surface area contributed by atoms with Gasteiger partial charge < -0.3 is 9.84 Å². The average Bonchev–Trinajstić information content (AvgIpc) is 2.16. The van der Waals surface area contributed by atoms with Crippen LogP contribution in [0.4, 0.5) is 8.78 Å². The minimum atomic E-state index is -1.17. The molecule has 1 aromatic carbocycles. The summed E-state index contributed by atoms with van der Waals surface area (Å²) in [7, 11) is 0. The topological polar surface area (TPSA) is 46.5 Å². The maximum atomic E-state index is 13.0. The van der Waals surface area contributed by atoms with Gasteiger partial charge in [-0.05, 0) is 19.1 Å². The van der Waals surface area contributed by atoms with E-state index < -0.39 is 30.3 Å². The number of benzene rings is 1.